The largest absolute Gasteiger partial charge is 0.0732 e. The van der Waals surface area contributed by atoms with Gasteiger partial charge in [0, 0.05) is 35.5 Å². The van der Waals surface area contributed by atoms with Crippen LogP contribution in [0.1, 0.15) is 91.1 Å². The number of hydrogen-bond donors (Lipinski definition) is 0. The van der Waals surface area contributed by atoms with E-state index < -0.39 is 0 Å². The quantitative estimate of drug-likeness (QED) is 0.133. The van der Waals surface area contributed by atoms with Crippen LogP contribution in [0.5, 0.6) is 0 Å². The lowest BCUT2D eigenvalue weighted by Crippen LogP contribution is -2.04. The van der Waals surface area contributed by atoms with Crippen molar-refractivity contribution in [1.82, 2.24) is 0 Å². The summed E-state index contributed by atoms with van der Waals surface area (Å²) in [7, 11) is 0. The first-order valence-electron chi connectivity index (χ1n) is 21.5. The molecule has 0 nitrogen and oxygen atoms in total. The van der Waals surface area contributed by atoms with Gasteiger partial charge in [-0.3, -0.25) is 0 Å². The lowest BCUT2D eigenvalue weighted by atomic mass is 9.80. The average Bonchev–Trinajstić information content (AvgIpc) is 4.17. The highest BCUT2D eigenvalue weighted by molar-refractivity contribution is 6.29. The molecule has 0 unspecified atom stereocenters. The minimum atomic E-state index is -0.0197. The van der Waals surface area contributed by atoms with Gasteiger partial charge in [-0.1, -0.05) is 243 Å². The number of rotatable bonds is 10. The summed E-state index contributed by atoms with van der Waals surface area (Å²) in [4.78, 5) is 0. The molecule has 0 saturated carbocycles. The fraction of sp³-hybridized carbons (Fsp3) is 0.100. The van der Waals surface area contributed by atoms with Gasteiger partial charge in [0.2, 0.25) is 0 Å². The first kappa shape index (κ1) is 36.1. The second-order valence-electron chi connectivity index (χ2n) is 16.6. The van der Waals surface area contributed by atoms with Crippen molar-refractivity contribution < 1.29 is 0 Å². The summed E-state index contributed by atoms with van der Waals surface area (Å²) in [5.74, 6) is 1.51. The van der Waals surface area contributed by atoms with Crippen LogP contribution >= 0.6 is 0 Å². The van der Waals surface area contributed by atoms with Gasteiger partial charge in [-0.15, -0.1) is 0 Å². The molecular weight excluding hydrogens is 721 g/mol. The highest BCUT2D eigenvalue weighted by atomic mass is 14.4. The summed E-state index contributed by atoms with van der Waals surface area (Å²) in [5.41, 5.74) is 18.2. The fourth-order valence-electron chi connectivity index (χ4n) is 9.95. The highest BCUT2D eigenvalue weighted by Crippen LogP contribution is 2.59. The number of benzene rings is 5. The Hall–Kier alpha value is -7.02. The number of allylic oxidation sites excluding steroid dienone is 24. The SMILES string of the molecule is C1=CC(c2ccc(C3=C(c4ccc(C5C=CC=C5)cc4)C(c4ccc(C5C=CC=C5)cc4)C(c4ccc(C5C=CC=C5)cc4)=C3c3ccc(C4C=CC=C4)cc3)cc2)C=C1. The molecule has 0 aromatic heterocycles. The lowest BCUT2D eigenvalue weighted by molar-refractivity contribution is 1.07. The van der Waals surface area contributed by atoms with E-state index in [2.05, 4.69) is 243 Å². The summed E-state index contributed by atoms with van der Waals surface area (Å²) in [6.45, 7) is 0. The molecule has 0 heterocycles. The van der Waals surface area contributed by atoms with Gasteiger partial charge in [-0.05, 0) is 77.9 Å². The van der Waals surface area contributed by atoms with Gasteiger partial charge in [-0.25, -0.2) is 0 Å². The molecule has 0 aliphatic heterocycles. The zero-order valence-electron chi connectivity index (χ0n) is 33.6. The van der Waals surface area contributed by atoms with E-state index in [-0.39, 0.29) is 5.92 Å². The summed E-state index contributed by atoms with van der Waals surface area (Å²) in [6.07, 6.45) is 44.4. The van der Waals surface area contributed by atoms with Gasteiger partial charge in [0.15, 0.2) is 0 Å². The van der Waals surface area contributed by atoms with Crippen LogP contribution < -0.4 is 0 Å². The molecule has 5 aromatic rings. The third-order valence-electron chi connectivity index (χ3n) is 13.1. The normalized spacial score (nSPS) is 18.8. The van der Waals surface area contributed by atoms with Crippen LogP contribution in [0.4, 0.5) is 0 Å². The fourth-order valence-corrected chi connectivity index (χ4v) is 9.95. The highest BCUT2D eigenvalue weighted by Gasteiger charge is 2.38. The predicted molar refractivity (Wildman–Crippen MR) is 254 cm³/mol. The Bertz CT molecular complexity index is 2590. The molecule has 11 rings (SSSR count). The van der Waals surface area contributed by atoms with E-state index in [4.69, 9.17) is 0 Å². The summed E-state index contributed by atoms with van der Waals surface area (Å²) in [6, 6.07) is 47.3. The molecule has 0 N–H and O–H groups in total. The summed E-state index contributed by atoms with van der Waals surface area (Å²) >= 11 is 0. The maximum absolute atomic E-state index is 2.40. The zero-order chi connectivity index (χ0) is 39.8. The molecule has 6 aliphatic rings. The van der Waals surface area contributed by atoms with Gasteiger partial charge in [0.05, 0.1) is 0 Å². The van der Waals surface area contributed by atoms with Crippen molar-refractivity contribution in [2.24, 2.45) is 0 Å². The zero-order valence-corrected chi connectivity index (χ0v) is 33.6. The molecule has 0 atom stereocenters. The topological polar surface area (TPSA) is 0 Å². The van der Waals surface area contributed by atoms with Gasteiger partial charge in [0.1, 0.15) is 0 Å². The van der Waals surface area contributed by atoms with E-state index in [1.807, 2.05) is 0 Å². The summed E-state index contributed by atoms with van der Waals surface area (Å²) in [5, 5.41) is 0. The van der Waals surface area contributed by atoms with E-state index in [9.17, 15) is 0 Å². The van der Waals surface area contributed by atoms with Crippen molar-refractivity contribution in [3.63, 3.8) is 0 Å². The van der Waals surface area contributed by atoms with Crippen LogP contribution in [0.15, 0.2) is 243 Å². The minimum absolute atomic E-state index is 0.0197. The van der Waals surface area contributed by atoms with Crippen molar-refractivity contribution >= 4 is 22.3 Å². The first-order chi connectivity index (χ1) is 29.7. The van der Waals surface area contributed by atoms with Crippen molar-refractivity contribution in [2.75, 3.05) is 0 Å². The smallest absolute Gasteiger partial charge is 0.0364 e. The molecule has 0 amide bonds. The molecule has 286 valence electrons. The monoisotopic (exact) mass is 766 g/mol. The molecule has 0 fully saturated rings. The van der Waals surface area contributed by atoms with Crippen LogP contribution in [0, 0.1) is 0 Å². The van der Waals surface area contributed by atoms with Crippen LogP contribution in [0.25, 0.3) is 22.3 Å². The van der Waals surface area contributed by atoms with Crippen LogP contribution in [0.3, 0.4) is 0 Å². The summed E-state index contributed by atoms with van der Waals surface area (Å²) < 4.78 is 0. The van der Waals surface area contributed by atoms with Crippen molar-refractivity contribution in [3.05, 3.63) is 298 Å². The van der Waals surface area contributed by atoms with Crippen molar-refractivity contribution in [1.29, 1.82) is 0 Å². The van der Waals surface area contributed by atoms with Gasteiger partial charge in [-0.2, -0.15) is 0 Å². The molecule has 6 aliphatic carbocycles. The van der Waals surface area contributed by atoms with E-state index in [0.29, 0.717) is 29.6 Å². The molecule has 60 heavy (non-hydrogen) atoms. The molecule has 0 heteroatoms. The standard InChI is InChI=1S/C60H46/c1-2-12-41(11-1)46-21-31-51(32-22-46)56-57(52-33-23-47(24-34-52)42-13-3-4-14-42)59(54-37-27-49(28-38-54)44-17-7-8-18-44)60(55-39-29-50(30-40-55)45-19-9-10-20-45)58(56)53-35-25-48(26-36-53)43-15-5-6-16-43/h1-45,56H. The second kappa shape index (κ2) is 15.6. The maximum Gasteiger partial charge on any atom is 0.0364 e. The molecule has 0 saturated heterocycles. The third kappa shape index (κ3) is 6.69. The Kier molecular flexibility index (Phi) is 9.40. The molecule has 0 spiro atoms. The number of hydrogen-bond acceptors (Lipinski definition) is 0. The Morgan fingerprint density at radius 3 is 0.650 bits per heavy atom. The Morgan fingerprint density at radius 2 is 0.400 bits per heavy atom. The Labute approximate surface area is 354 Å². The van der Waals surface area contributed by atoms with E-state index in [1.165, 1.54) is 77.9 Å². The molecule has 0 bridgehead atoms. The van der Waals surface area contributed by atoms with Crippen LogP contribution in [-0.2, 0) is 0 Å². The van der Waals surface area contributed by atoms with Crippen molar-refractivity contribution in [2.45, 2.75) is 35.5 Å². The van der Waals surface area contributed by atoms with Crippen LogP contribution in [0.2, 0.25) is 0 Å². The average molecular weight is 767 g/mol. The molecular formula is C60H46. The Balaban J connectivity index is 1.16. The Morgan fingerprint density at radius 1 is 0.200 bits per heavy atom. The van der Waals surface area contributed by atoms with Gasteiger partial charge >= 0.3 is 0 Å². The van der Waals surface area contributed by atoms with Gasteiger partial charge in [0.25, 0.3) is 0 Å². The van der Waals surface area contributed by atoms with E-state index in [1.54, 1.807) is 0 Å². The first-order valence-corrected chi connectivity index (χ1v) is 21.5. The maximum atomic E-state index is 2.40. The van der Waals surface area contributed by atoms with E-state index >= 15 is 0 Å². The van der Waals surface area contributed by atoms with Gasteiger partial charge < -0.3 is 0 Å². The third-order valence-corrected chi connectivity index (χ3v) is 13.1. The second-order valence-corrected chi connectivity index (χ2v) is 16.6. The van der Waals surface area contributed by atoms with E-state index in [0.717, 1.165) is 0 Å². The lowest BCUT2D eigenvalue weighted by Gasteiger charge is -2.23. The molecule has 5 aromatic carbocycles. The molecule has 0 radical (unpaired) electrons. The minimum Gasteiger partial charge on any atom is -0.0732 e. The van der Waals surface area contributed by atoms with Crippen molar-refractivity contribution in [3.8, 4) is 0 Å². The van der Waals surface area contributed by atoms with Crippen LogP contribution in [-0.4, -0.2) is 0 Å². The predicted octanol–water partition coefficient (Wildman–Crippen LogP) is 15.1.